The van der Waals surface area contributed by atoms with Gasteiger partial charge in [0.25, 0.3) is 0 Å². The van der Waals surface area contributed by atoms with Crippen LogP contribution >= 0.6 is 46.7 Å². The number of unbranched alkanes of at least 4 members (excludes halogenated alkanes) is 7. The number of esters is 2. The Morgan fingerprint density at radius 1 is 0.526 bits per heavy atom. The SMILES string of the molecule is CCCCCCCSc1ncc(-c2ccc(OC(=O)[C@@H](Cl)CC(C)C)cc2)cn1.CCCCCCSc1ncc(-c2ccc(OC(=O)[C@@H](Cl)CC(C)C)cc2)cn1. The molecule has 0 unspecified atom stereocenters. The van der Waals surface area contributed by atoms with Crippen molar-refractivity contribution in [3.63, 3.8) is 0 Å². The van der Waals surface area contributed by atoms with Crippen LogP contribution in [0.25, 0.3) is 22.3 Å². The van der Waals surface area contributed by atoms with Crippen LogP contribution in [0.3, 0.4) is 0 Å². The van der Waals surface area contributed by atoms with E-state index in [1.807, 2.05) is 76.7 Å². The number of hydrogen-bond donors (Lipinski definition) is 0. The highest BCUT2D eigenvalue weighted by Gasteiger charge is 2.20. The molecule has 12 heteroatoms. The molecule has 0 N–H and O–H groups in total. The number of alkyl halides is 2. The molecule has 8 nitrogen and oxygen atoms in total. The zero-order valence-corrected chi connectivity index (χ0v) is 37.6. The van der Waals surface area contributed by atoms with Crippen molar-refractivity contribution >= 4 is 58.7 Å². The zero-order chi connectivity index (χ0) is 41.4. The lowest BCUT2D eigenvalue weighted by atomic mass is 10.1. The van der Waals surface area contributed by atoms with E-state index in [9.17, 15) is 9.59 Å². The van der Waals surface area contributed by atoms with Gasteiger partial charge < -0.3 is 9.47 Å². The first-order valence-corrected chi connectivity index (χ1v) is 23.1. The van der Waals surface area contributed by atoms with Gasteiger partial charge in [-0.2, -0.15) is 0 Å². The smallest absolute Gasteiger partial charge is 0.329 e. The topological polar surface area (TPSA) is 104 Å². The number of carbonyl (C=O) groups excluding carboxylic acids is 2. The Morgan fingerprint density at radius 3 is 1.19 bits per heavy atom. The fraction of sp³-hybridized carbons (Fsp3) is 0.511. The number of nitrogens with zero attached hydrogens (tertiary/aromatic N) is 4. The van der Waals surface area contributed by atoms with Crippen LogP contribution in [-0.2, 0) is 9.59 Å². The van der Waals surface area contributed by atoms with Gasteiger partial charge >= 0.3 is 11.9 Å². The van der Waals surface area contributed by atoms with Gasteiger partial charge in [-0.1, -0.05) is 134 Å². The van der Waals surface area contributed by atoms with Crippen LogP contribution in [0.5, 0.6) is 11.5 Å². The number of hydrogen-bond acceptors (Lipinski definition) is 10. The van der Waals surface area contributed by atoms with Crippen molar-refractivity contribution < 1.29 is 19.1 Å². The van der Waals surface area contributed by atoms with E-state index in [1.54, 1.807) is 47.8 Å². The van der Waals surface area contributed by atoms with Crippen LogP contribution in [0.2, 0.25) is 0 Å². The summed E-state index contributed by atoms with van der Waals surface area (Å²) in [6.07, 6.45) is 19.9. The summed E-state index contributed by atoms with van der Waals surface area (Å²) in [6.45, 7) is 12.5. The first kappa shape index (κ1) is 48.2. The number of carbonyl (C=O) groups is 2. The fourth-order valence-corrected chi connectivity index (χ4v) is 7.83. The van der Waals surface area contributed by atoms with Gasteiger partial charge in [-0.3, -0.25) is 9.59 Å². The molecule has 310 valence electrons. The zero-order valence-electron chi connectivity index (χ0n) is 34.4. The molecule has 4 aromatic rings. The highest BCUT2D eigenvalue weighted by atomic mass is 35.5. The molecule has 2 atom stereocenters. The van der Waals surface area contributed by atoms with Crippen molar-refractivity contribution in [2.75, 3.05) is 11.5 Å². The Bertz CT molecular complexity index is 1710. The molecule has 4 rings (SSSR count). The minimum atomic E-state index is -0.625. The van der Waals surface area contributed by atoms with E-state index in [2.05, 4.69) is 33.8 Å². The van der Waals surface area contributed by atoms with E-state index < -0.39 is 22.7 Å². The summed E-state index contributed by atoms with van der Waals surface area (Å²) in [4.78, 5) is 41.8. The molecule has 0 aliphatic carbocycles. The van der Waals surface area contributed by atoms with Crippen molar-refractivity contribution in [2.24, 2.45) is 11.8 Å². The third kappa shape index (κ3) is 19.4. The molecule has 0 radical (unpaired) electrons. The third-order valence-corrected chi connectivity index (χ3v) is 11.3. The summed E-state index contributed by atoms with van der Waals surface area (Å²) < 4.78 is 10.7. The molecule has 0 fully saturated rings. The van der Waals surface area contributed by atoms with Gasteiger partial charge in [0.1, 0.15) is 22.3 Å². The highest BCUT2D eigenvalue weighted by molar-refractivity contribution is 7.99. The number of rotatable bonds is 23. The first-order chi connectivity index (χ1) is 27.5. The van der Waals surface area contributed by atoms with Crippen LogP contribution in [0.1, 0.15) is 112 Å². The predicted molar refractivity (Wildman–Crippen MR) is 239 cm³/mol. The maximum absolute atomic E-state index is 12.0. The molecule has 2 heterocycles. The average molecular weight is 856 g/mol. The van der Waals surface area contributed by atoms with Gasteiger partial charge in [-0.15, -0.1) is 23.2 Å². The second-order valence-electron chi connectivity index (χ2n) is 14.8. The molecule has 2 aromatic heterocycles. The normalized spacial score (nSPS) is 12.2. The Morgan fingerprint density at radius 2 is 0.860 bits per heavy atom. The monoisotopic (exact) mass is 854 g/mol. The van der Waals surface area contributed by atoms with Crippen molar-refractivity contribution in [3.8, 4) is 33.8 Å². The molecular weight excluding hydrogens is 796 g/mol. The van der Waals surface area contributed by atoms with Crippen molar-refractivity contribution in [1.82, 2.24) is 19.9 Å². The largest absolute Gasteiger partial charge is 0.425 e. The second kappa shape index (κ2) is 27.5. The summed E-state index contributed by atoms with van der Waals surface area (Å²) in [7, 11) is 0. The third-order valence-electron chi connectivity index (χ3n) is 8.64. The Labute approximate surface area is 359 Å². The Kier molecular flexibility index (Phi) is 23.2. The summed E-state index contributed by atoms with van der Waals surface area (Å²) in [6, 6.07) is 14.7. The maximum Gasteiger partial charge on any atom is 0.329 e. The van der Waals surface area contributed by atoms with Crippen LogP contribution < -0.4 is 9.47 Å². The lowest BCUT2D eigenvalue weighted by molar-refractivity contribution is -0.135. The van der Waals surface area contributed by atoms with E-state index in [0.717, 1.165) is 44.1 Å². The molecule has 0 bridgehead atoms. The van der Waals surface area contributed by atoms with E-state index in [4.69, 9.17) is 32.7 Å². The van der Waals surface area contributed by atoms with Crippen LogP contribution in [0, 0.1) is 11.8 Å². The molecule has 0 aliphatic rings. The molecule has 0 saturated heterocycles. The number of thioether (sulfide) groups is 2. The lowest BCUT2D eigenvalue weighted by Gasteiger charge is -2.11. The quantitative estimate of drug-likeness (QED) is 0.0179. The predicted octanol–water partition coefficient (Wildman–Crippen LogP) is 13.1. The van der Waals surface area contributed by atoms with Gasteiger partial charge in [0.05, 0.1) is 0 Å². The van der Waals surface area contributed by atoms with E-state index >= 15 is 0 Å². The molecule has 2 aromatic carbocycles. The molecule has 0 aliphatic heterocycles. The van der Waals surface area contributed by atoms with E-state index in [1.165, 1.54) is 57.8 Å². The summed E-state index contributed by atoms with van der Waals surface area (Å²) in [5.41, 5.74) is 3.82. The number of benzene rings is 2. The van der Waals surface area contributed by atoms with Crippen LogP contribution in [0.4, 0.5) is 0 Å². The second-order valence-corrected chi connectivity index (χ2v) is 17.9. The summed E-state index contributed by atoms with van der Waals surface area (Å²) in [5.74, 6) is 2.95. The Hall–Kier alpha value is -3.18. The van der Waals surface area contributed by atoms with Crippen LogP contribution in [-0.4, -0.2) is 54.1 Å². The Balaban J connectivity index is 0.000000306. The molecular formula is C45H60Cl2N4O4S2. The summed E-state index contributed by atoms with van der Waals surface area (Å²) in [5, 5.41) is 0.372. The highest BCUT2D eigenvalue weighted by Crippen LogP contribution is 2.26. The molecule has 0 spiro atoms. The van der Waals surface area contributed by atoms with Crippen molar-refractivity contribution in [1.29, 1.82) is 0 Å². The molecule has 57 heavy (non-hydrogen) atoms. The van der Waals surface area contributed by atoms with Gasteiger partial charge in [0.2, 0.25) is 0 Å². The van der Waals surface area contributed by atoms with E-state index in [-0.39, 0.29) is 0 Å². The van der Waals surface area contributed by atoms with Gasteiger partial charge in [-0.25, -0.2) is 19.9 Å². The average Bonchev–Trinajstić information content (AvgIpc) is 3.20. The number of halogens is 2. The first-order valence-electron chi connectivity index (χ1n) is 20.3. The molecule has 0 saturated carbocycles. The van der Waals surface area contributed by atoms with E-state index in [0.29, 0.717) is 36.2 Å². The van der Waals surface area contributed by atoms with Crippen LogP contribution in [0.15, 0.2) is 83.6 Å². The number of aromatic nitrogens is 4. The van der Waals surface area contributed by atoms with Gasteiger partial charge in [0.15, 0.2) is 10.3 Å². The minimum Gasteiger partial charge on any atom is -0.425 e. The maximum atomic E-state index is 12.0. The molecule has 0 amide bonds. The number of ether oxygens (including phenoxy) is 2. The fourth-order valence-electron chi connectivity index (χ4n) is 5.45. The van der Waals surface area contributed by atoms with Gasteiger partial charge in [0, 0.05) is 47.4 Å². The summed E-state index contributed by atoms with van der Waals surface area (Å²) >= 11 is 15.6. The standard InChI is InChI=1S/C23H31ClN2O2S.C22H29ClN2O2S/c1-4-5-6-7-8-13-29-23-25-15-19(16-26-23)18-9-11-20(12-10-18)28-22(27)21(24)14-17(2)3;1-4-5-6-7-12-28-22-24-14-18(15-25-22)17-8-10-19(11-9-17)27-21(26)20(23)13-16(2)3/h9-12,15-17,21H,4-8,13-14H2,1-3H3;8-11,14-16,20H,4-7,12-13H2,1-3H3/t21-;20-/m00/s1. The minimum absolute atomic E-state index is 0.342. The lowest BCUT2D eigenvalue weighted by Crippen LogP contribution is -2.22. The van der Waals surface area contributed by atoms with Crippen molar-refractivity contribution in [2.45, 2.75) is 133 Å². The van der Waals surface area contributed by atoms with Gasteiger partial charge in [-0.05, 0) is 72.9 Å². The van der Waals surface area contributed by atoms with Crippen molar-refractivity contribution in [3.05, 3.63) is 73.3 Å².